The van der Waals surface area contributed by atoms with Gasteiger partial charge in [-0.05, 0) is 54.5 Å². The number of nitriles is 1. The Kier molecular flexibility index (Phi) is 3.43. The fourth-order valence-corrected chi connectivity index (χ4v) is 2.47. The Labute approximate surface area is 120 Å². The van der Waals surface area contributed by atoms with E-state index in [0.717, 1.165) is 17.2 Å². The number of hydrogen-bond donors (Lipinski definition) is 1. The number of nitrogens with zero attached hydrogens (tertiary/aromatic N) is 1. The van der Waals surface area contributed by atoms with Gasteiger partial charge in [-0.1, -0.05) is 36.4 Å². The highest BCUT2D eigenvalue weighted by atomic mass is 14.9. The summed E-state index contributed by atoms with van der Waals surface area (Å²) in [7, 11) is 0. The summed E-state index contributed by atoms with van der Waals surface area (Å²) in [5.41, 5.74) is 4.61. The van der Waals surface area contributed by atoms with Crippen LogP contribution in [0, 0.1) is 18.3 Å². The Morgan fingerprint density at radius 2 is 1.90 bits per heavy atom. The lowest BCUT2D eigenvalue weighted by Gasteiger charge is -2.14. The highest BCUT2D eigenvalue weighted by Crippen LogP contribution is 2.40. The van der Waals surface area contributed by atoms with Gasteiger partial charge < -0.3 is 5.32 Å². The van der Waals surface area contributed by atoms with E-state index in [0.29, 0.717) is 0 Å². The average Bonchev–Trinajstić information content (AvgIpc) is 3.30. The highest BCUT2D eigenvalue weighted by molar-refractivity contribution is 5.49. The van der Waals surface area contributed by atoms with E-state index in [1.54, 1.807) is 0 Å². The van der Waals surface area contributed by atoms with E-state index in [4.69, 9.17) is 0 Å². The predicted molar refractivity (Wildman–Crippen MR) is 81.6 cm³/mol. The monoisotopic (exact) mass is 262 g/mol. The standard InChI is InChI=1S/C18H18N2/c1-13-3-2-4-17(11-13)20-18(12-19)16-9-7-15(8-10-16)14-5-6-14/h2-4,7-11,14,18,20H,5-6H2,1H3. The van der Waals surface area contributed by atoms with Crippen molar-refractivity contribution >= 4 is 5.69 Å². The van der Waals surface area contributed by atoms with Crippen molar-refractivity contribution in [1.82, 2.24) is 0 Å². The van der Waals surface area contributed by atoms with Gasteiger partial charge in [-0.2, -0.15) is 5.26 Å². The number of nitrogens with one attached hydrogen (secondary N) is 1. The summed E-state index contributed by atoms with van der Waals surface area (Å²) >= 11 is 0. The van der Waals surface area contributed by atoms with Gasteiger partial charge in [-0.3, -0.25) is 0 Å². The van der Waals surface area contributed by atoms with Crippen LogP contribution in [0.3, 0.4) is 0 Å². The first-order valence-corrected chi connectivity index (χ1v) is 7.09. The molecular formula is C18H18N2. The van der Waals surface area contributed by atoms with Gasteiger partial charge in [0.1, 0.15) is 6.04 Å². The summed E-state index contributed by atoms with van der Waals surface area (Å²) in [5, 5.41) is 12.7. The van der Waals surface area contributed by atoms with E-state index in [2.05, 4.69) is 54.7 Å². The van der Waals surface area contributed by atoms with Crippen LogP contribution in [-0.4, -0.2) is 0 Å². The topological polar surface area (TPSA) is 35.8 Å². The van der Waals surface area contributed by atoms with E-state index >= 15 is 0 Å². The molecule has 1 aliphatic carbocycles. The maximum absolute atomic E-state index is 9.39. The van der Waals surface area contributed by atoms with E-state index in [-0.39, 0.29) is 6.04 Å². The second-order valence-corrected chi connectivity index (χ2v) is 5.52. The number of hydrogen-bond acceptors (Lipinski definition) is 2. The van der Waals surface area contributed by atoms with Crippen LogP contribution in [0.5, 0.6) is 0 Å². The zero-order valence-corrected chi connectivity index (χ0v) is 11.6. The molecule has 0 saturated heterocycles. The molecule has 2 aromatic rings. The second-order valence-electron chi connectivity index (χ2n) is 5.52. The molecule has 0 aliphatic heterocycles. The lowest BCUT2D eigenvalue weighted by Crippen LogP contribution is -2.08. The van der Waals surface area contributed by atoms with Gasteiger partial charge in [0.25, 0.3) is 0 Å². The molecule has 0 aromatic heterocycles. The van der Waals surface area contributed by atoms with Crippen molar-refractivity contribution in [1.29, 1.82) is 5.26 Å². The van der Waals surface area contributed by atoms with Gasteiger partial charge in [0.15, 0.2) is 0 Å². The lowest BCUT2D eigenvalue weighted by molar-refractivity contribution is 0.990. The fourth-order valence-electron chi connectivity index (χ4n) is 2.47. The highest BCUT2D eigenvalue weighted by Gasteiger charge is 2.23. The Bertz CT molecular complexity index is 633. The van der Waals surface area contributed by atoms with E-state index in [1.807, 2.05) is 12.1 Å². The first-order valence-electron chi connectivity index (χ1n) is 7.09. The minimum Gasteiger partial charge on any atom is -0.366 e. The fraction of sp³-hybridized carbons (Fsp3) is 0.278. The Hall–Kier alpha value is -2.27. The molecule has 0 spiro atoms. The molecule has 2 heteroatoms. The molecule has 1 aliphatic rings. The van der Waals surface area contributed by atoms with Crippen LogP contribution >= 0.6 is 0 Å². The summed E-state index contributed by atoms with van der Waals surface area (Å²) in [6.45, 7) is 2.05. The molecule has 0 radical (unpaired) electrons. The maximum atomic E-state index is 9.39. The normalized spacial score (nSPS) is 15.4. The lowest BCUT2D eigenvalue weighted by atomic mass is 10.0. The smallest absolute Gasteiger partial charge is 0.140 e. The summed E-state index contributed by atoms with van der Waals surface area (Å²) in [6, 6.07) is 18.6. The van der Waals surface area contributed by atoms with Crippen molar-refractivity contribution in [2.75, 3.05) is 5.32 Å². The minimum absolute atomic E-state index is 0.301. The summed E-state index contributed by atoms with van der Waals surface area (Å²) in [6.07, 6.45) is 2.62. The molecule has 1 unspecified atom stereocenters. The average molecular weight is 262 g/mol. The van der Waals surface area contributed by atoms with Gasteiger partial charge in [-0.25, -0.2) is 0 Å². The molecule has 0 amide bonds. The van der Waals surface area contributed by atoms with Crippen LogP contribution in [0.2, 0.25) is 0 Å². The van der Waals surface area contributed by atoms with Crippen LogP contribution in [0.1, 0.15) is 41.5 Å². The van der Waals surface area contributed by atoms with Crippen molar-refractivity contribution in [3.05, 3.63) is 65.2 Å². The van der Waals surface area contributed by atoms with Crippen LogP contribution < -0.4 is 5.32 Å². The molecule has 20 heavy (non-hydrogen) atoms. The van der Waals surface area contributed by atoms with Gasteiger partial charge in [0.05, 0.1) is 6.07 Å². The van der Waals surface area contributed by atoms with Crippen LogP contribution in [0.15, 0.2) is 48.5 Å². The molecule has 0 heterocycles. The molecule has 1 atom stereocenters. The Balaban J connectivity index is 1.77. The summed E-state index contributed by atoms with van der Waals surface area (Å²) in [4.78, 5) is 0. The minimum atomic E-state index is -0.301. The first-order chi connectivity index (χ1) is 9.76. The van der Waals surface area contributed by atoms with Gasteiger partial charge in [0, 0.05) is 5.69 Å². The number of benzene rings is 2. The molecule has 2 aromatic carbocycles. The number of aryl methyl sites for hydroxylation is 1. The van der Waals surface area contributed by atoms with E-state index in [9.17, 15) is 5.26 Å². The SMILES string of the molecule is Cc1cccc(NC(C#N)c2ccc(C3CC3)cc2)c1. The zero-order chi connectivity index (χ0) is 13.9. The van der Waals surface area contributed by atoms with Gasteiger partial charge in [0.2, 0.25) is 0 Å². The van der Waals surface area contributed by atoms with Crippen molar-refractivity contribution in [2.45, 2.75) is 31.7 Å². The van der Waals surface area contributed by atoms with Crippen molar-refractivity contribution in [3.8, 4) is 6.07 Å². The predicted octanol–water partition coefficient (Wildman–Crippen LogP) is 4.55. The van der Waals surface area contributed by atoms with Crippen LogP contribution in [-0.2, 0) is 0 Å². The molecular weight excluding hydrogens is 244 g/mol. The third-order valence-electron chi connectivity index (χ3n) is 3.78. The maximum Gasteiger partial charge on any atom is 0.140 e. The van der Waals surface area contributed by atoms with Crippen molar-refractivity contribution in [2.24, 2.45) is 0 Å². The van der Waals surface area contributed by atoms with Crippen molar-refractivity contribution in [3.63, 3.8) is 0 Å². The molecule has 100 valence electrons. The quantitative estimate of drug-likeness (QED) is 0.877. The van der Waals surface area contributed by atoms with E-state index in [1.165, 1.54) is 24.0 Å². The molecule has 0 bridgehead atoms. The third-order valence-corrected chi connectivity index (χ3v) is 3.78. The summed E-state index contributed by atoms with van der Waals surface area (Å²) < 4.78 is 0. The van der Waals surface area contributed by atoms with Crippen LogP contribution in [0.4, 0.5) is 5.69 Å². The molecule has 1 saturated carbocycles. The largest absolute Gasteiger partial charge is 0.366 e. The molecule has 3 rings (SSSR count). The first kappa shape index (κ1) is 12.7. The Morgan fingerprint density at radius 1 is 1.15 bits per heavy atom. The van der Waals surface area contributed by atoms with Crippen molar-refractivity contribution < 1.29 is 0 Å². The van der Waals surface area contributed by atoms with E-state index < -0.39 is 0 Å². The van der Waals surface area contributed by atoms with Gasteiger partial charge >= 0.3 is 0 Å². The zero-order valence-electron chi connectivity index (χ0n) is 11.6. The third kappa shape index (κ3) is 2.83. The molecule has 2 nitrogen and oxygen atoms in total. The number of anilines is 1. The molecule has 1 fully saturated rings. The van der Waals surface area contributed by atoms with Crippen LogP contribution in [0.25, 0.3) is 0 Å². The molecule has 1 N–H and O–H groups in total. The number of rotatable bonds is 4. The second kappa shape index (κ2) is 5.38. The van der Waals surface area contributed by atoms with Gasteiger partial charge in [-0.15, -0.1) is 0 Å². The Morgan fingerprint density at radius 3 is 2.50 bits per heavy atom. The summed E-state index contributed by atoms with van der Waals surface area (Å²) in [5.74, 6) is 0.759.